The van der Waals surface area contributed by atoms with Gasteiger partial charge in [-0.05, 0) is 76.5 Å². The number of nitrogens with two attached hydrogens (primary N) is 1. The molecule has 16 nitrogen and oxygen atoms in total. The lowest BCUT2D eigenvalue weighted by atomic mass is 9.72. The third-order valence-corrected chi connectivity index (χ3v) is 12.7. The molecule has 5 aliphatic rings. The summed E-state index contributed by atoms with van der Waals surface area (Å²) in [5.74, 6) is -6.36. The molecule has 9 N–H and O–H groups in total. The van der Waals surface area contributed by atoms with Crippen molar-refractivity contribution >= 4 is 17.9 Å². The number of carboxylic acid groups (broad SMARTS) is 2. The topological polar surface area (TPSA) is 268 Å². The van der Waals surface area contributed by atoms with Gasteiger partial charge in [0.15, 0.2) is 12.1 Å². The zero-order valence-corrected chi connectivity index (χ0v) is 40.9. The highest BCUT2D eigenvalue weighted by Gasteiger charge is 2.51. The molecular weight excluding hydrogens is 891 g/mol. The van der Waals surface area contributed by atoms with Crippen LogP contribution in [0.3, 0.4) is 0 Å². The van der Waals surface area contributed by atoms with Gasteiger partial charge >= 0.3 is 17.9 Å². The minimum Gasteiger partial charge on any atom is -0.481 e. The van der Waals surface area contributed by atoms with Crippen LogP contribution >= 0.6 is 0 Å². The van der Waals surface area contributed by atoms with Crippen LogP contribution in [0.1, 0.15) is 99.8 Å². The molecule has 0 aromatic carbocycles. The Morgan fingerprint density at radius 2 is 1.58 bits per heavy atom. The summed E-state index contributed by atoms with van der Waals surface area (Å²) in [7, 11) is 0. The van der Waals surface area contributed by atoms with Crippen LogP contribution in [0.15, 0.2) is 120 Å². The third-order valence-electron chi connectivity index (χ3n) is 12.7. The zero-order valence-electron chi connectivity index (χ0n) is 40.9. The van der Waals surface area contributed by atoms with E-state index in [9.17, 15) is 45.0 Å². The fraction of sp³-hybridized carbons (Fsp3) is 0.566. The number of cyclic esters (lactones) is 1. The van der Waals surface area contributed by atoms with Crippen LogP contribution in [0, 0.1) is 11.3 Å². The van der Waals surface area contributed by atoms with E-state index in [0.29, 0.717) is 6.42 Å². The Bertz CT molecular complexity index is 2060. The molecule has 69 heavy (non-hydrogen) atoms. The Morgan fingerprint density at radius 1 is 0.884 bits per heavy atom. The number of hydrogen-bond donors (Lipinski definition) is 8. The molecular formula is C53H75NO15. The largest absolute Gasteiger partial charge is 0.481 e. The second kappa shape index (κ2) is 26.6. The van der Waals surface area contributed by atoms with Gasteiger partial charge in [-0.25, -0.2) is 9.59 Å². The summed E-state index contributed by atoms with van der Waals surface area (Å²) in [6.07, 6.45) is 20.3. The molecule has 1 aliphatic carbocycles. The molecule has 0 saturated carbocycles. The van der Waals surface area contributed by atoms with E-state index in [1.165, 1.54) is 48.6 Å². The molecule has 4 heterocycles. The molecule has 382 valence electrons. The van der Waals surface area contributed by atoms with Crippen LogP contribution in [0.5, 0.6) is 0 Å². The Morgan fingerprint density at radius 3 is 2.26 bits per heavy atom. The number of fused-ring (bicyclic) bond motifs is 3. The number of epoxide rings is 1. The molecule has 16 heteroatoms. The fourth-order valence-electron chi connectivity index (χ4n) is 8.88. The van der Waals surface area contributed by atoms with E-state index in [1.807, 2.05) is 18.2 Å². The number of carbonyl (C=O) groups is 3. The first kappa shape index (κ1) is 57.0. The molecule has 4 aliphatic heterocycles. The number of carboxylic acids is 2. The van der Waals surface area contributed by atoms with E-state index in [-0.39, 0.29) is 30.8 Å². The third kappa shape index (κ3) is 18.6. The van der Waals surface area contributed by atoms with Crippen molar-refractivity contribution in [1.29, 1.82) is 0 Å². The predicted molar refractivity (Wildman–Crippen MR) is 259 cm³/mol. The number of allylic oxidation sites excluding steroid dienone is 15. The van der Waals surface area contributed by atoms with Gasteiger partial charge in [0.1, 0.15) is 24.2 Å². The lowest BCUT2D eigenvalue weighted by Crippen LogP contribution is -2.61. The predicted octanol–water partition coefficient (Wildman–Crippen LogP) is 5.72. The highest BCUT2D eigenvalue weighted by molar-refractivity contribution is 5.82. The number of rotatable bonds is 8. The van der Waals surface area contributed by atoms with Gasteiger partial charge in [0.2, 0.25) is 0 Å². The number of esters is 1. The fourth-order valence-corrected chi connectivity index (χ4v) is 8.88. The van der Waals surface area contributed by atoms with Crippen molar-refractivity contribution in [2.45, 2.75) is 179 Å². The summed E-state index contributed by atoms with van der Waals surface area (Å²) < 4.78 is 28.5. The Kier molecular flexibility index (Phi) is 21.9. The maximum Gasteiger partial charge on any atom is 0.330 e. The second-order valence-corrected chi connectivity index (χ2v) is 19.3. The SMILES string of the molecule is CC1=C(/C=C/C(C)=C/C=C/C(C)=C/C(=O)O)C(C)(C)CCC1.C[C@@H]1C/C=C/C=C/C=C/C=C/[C@H](O[C@@H]2O[C@H](C)[C@@H](O)[C@H](N)[C@@H]2O)C[C@@H]2O[C@](O)(C[C@@H](O)C[C@H]3O[C@@H]3/C=C/C(=O)O1)C[C@H](O)[C@H]2C(=O)O. The molecule has 3 fully saturated rings. The monoisotopic (exact) mass is 966 g/mol. The second-order valence-electron chi connectivity index (χ2n) is 19.3. The van der Waals surface area contributed by atoms with E-state index >= 15 is 0 Å². The van der Waals surface area contributed by atoms with Gasteiger partial charge in [-0.1, -0.05) is 104 Å². The first-order valence-corrected chi connectivity index (χ1v) is 23.8. The molecule has 14 atom stereocenters. The number of ether oxygens (including phenoxy) is 5. The van der Waals surface area contributed by atoms with E-state index in [4.69, 9.17) is 34.5 Å². The Hall–Kier alpha value is -4.59. The Labute approximate surface area is 406 Å². The summed E-state index contributed by atoms with van der Waals surface area (Å²) in [4.78, 5) is 35.0. The molecule has 0 aromatic heterocycles. The summed E-state index contributed by atoms with van der Waals surface area (Å²) >= 11 is 0. The van der Waals surface area contributed by atoms with Crippen LogP contribution in [-0.2, 0) is 38.1 Å². The van der Waals surface area contributed by atoms with Crippen LogP contribution in [0.25, 0.3) is 0 Å². The summed E-state index contributed by atoms with van der Waals surface area (Å²) in [6, 6.07) is -1.08. The smallest absolute Gasteiger partial charge is 0.330 e. The van der Waals surface area contributed by atoms with Gasteiger partial charge < -0.3 is 65.2 Å². The van der Waals surface area contributed by atoms with Gasteiger partial charge in [0.05, 0.1) is 48.8 Å². The van der Waals surface area contributed by atoms with Gasteiger partial charge in [-0.15, -0.1) is 0 Å². The summed E-state index contributed by atoms with van der Waals surface area (Å²) in [5.41, 5.74) is 11.1. The molecule has 5 rings (SSSR count). The summed E-state index contributed by atoms with van der Waals surface area (Å²) in [6.45, 7) is 14.0. The minimum atomic E-state index is -2.10. The molecule has 3 saturated heterocycles. The number of aliphatic hydroxyl groups is 5. The van der Waals surface area contributed by atoms with Gasteiger partial charge in [0.25, 0.3) is 0 Å². The van der Waals surface area contributed by atoms with Crippen LogP contribution in [0.2, 0.25) is 0 Å². The first-order valence-electron chi connectivity index (χ1n) is 23.8. The van der Waals surface area contributed by atoms with Crippen LogP contribution < -0.4 is 5.73 Å². The van der Waals surface area contributed by atoms with Crippen LogP contribution in [-0.4, -0.2) is 133 Å². The van der Waals surface area contributed by atoms with E-state index in [0.717, 1.165) is 11.1 Å². The zero-order chi connectivity index (χ0) is 51.1. The highest BCUT2D eigenvalue weighted by atomic mass is 16.7. The molecule has 0 amide bonds. The number of aliphatic carboxylic acids is 2. The maximum atomic E-state index is 12.3. The van der Waals surface area contributed by atoms with Crippen molar-refractivity contribution in [2.75, 3.05) is 0 Å². The van der Waals surface area contributed by atoms with E-state index in [1.54, 1.807) is 69.4 Å². The lowest BCUT2D eigenvalue weighted by Gasteiger charge is -2.45. The van der Waals surface area contributed by atoms with Crippen molar-refractivity contribution in [2.24, 2.45) is 17.1 Å². The van der Waals surface area contributed by atoms with Crippen molar-refractivity contribution in [3.05, 3.63) is 120 Å². The minimum absolute atomic E-state index is 0.0789. The number of hydrogen-bond acceptors (Lipinski definition) is 14. The standard InChI is InChI=1S/C33H47NO13.C20H28O2/c1-18-10-8-6-4-3-5-7-9-11-21(45-32-30(39)28(34)29(38)19(2)44-32)15-25-27(31(40)41)22(36)17-33(42,47-25)16-20(35)14-24-23(46-24)12-13-26(37)43-18;1-15(8-6-9-16(2)14-19(21)22)11-12-18-17(3)10-7-13-20(18,4)5/h3-9,11-13,18-25,27-30,32,35-36,38-39,42H,10,14-17,34H2,1-2H3,(H,40,41);6,8-9,11-12,14H,7,10,13H2,1-5H3,(H,21,22)/b4-3+,7-5+,8-6+,11-9+,13-12+;9-6+,12-11+,15-8+,16-14+/t18-,19-,20+,21+,22+,23-,24-,25+,27-,28+,29-,30+,32+,33-;/m1./s1. The lowest BCUT2D eigenvalue weighted by molar-refractivity contribution is -0.308. The molecule has 0 radical (unpaired) electrons. The van der Waals surface area contributed by atoms with E-state index in [2.05, 4.69) is 39.8 Å². The highest BCUT2D eigenvalue weighted by Crippen LogP contribution is 2.41. The molecule has 0 aromatic rings. The van der Waals surface area contributed by atoms with Crippen molar-refractivity contribution in [1.82, 2.24) is 0 Å². The number of carbonyl (C=O) groups excluding carboxylic acids is 1. The molecule has 2 bridgehead atoms. The maximum absolute atomic E-state index is 12.3. The van der Waals surface area contributed by atoms with Crippen molar-refractivity contribution < 1.29 is 73.8 Å². The van der Waals surface area contributed by atoms with Crippen LogP contribution in [0.4, 0.5) is 0 Å². The number of aliphatic hydroxyl groups excluding tert-OH is 4. The van der Waals surface area contributed by atoms with Gasteiger partial charge in [0, 0.05) is 44.3 Å². The summed E-state index contributed by atoms with van der Waals surface area (Å²) in [5, 5.41) is 72.6. The molecule has 0 spiro atoms. The average molecular weight is 966 g/mol. The molecule has 0 unspecified atom stereocenters. The van der Waals surface area contributed by atoms with Crippen molar-refractivity contribution in [3.63, 3.8) is 0 Å². The Balaban J connectivity index is 0.000000395. The normalized spacial score (nSPS) is 38.6. The first-order chi connectivity index (χ1) is 32.5. The van der Waals surface area contributed by atoms with E-state index < -0.39 is 103 Å². The quantitative estimate of drug-likeness (QED) is 0.0625. The van der Waals surface area contributed by atoms with Crippen molar-refractivity contribution in [3.8, 4) is 0 Å². The van der Waals surface area contributed by atoms with Gasteiger partial charge in [-0.2, -0.15) is 0 Å². The van der Waals surface area contributed by atoms with Gasteiger partial charge in [-0.3, -0.25) is 4.79 Å². The average Bonchev–Trinajstić information content (AvgIpc) is 3.98.